The molecular weight excluding hydrogens is 298 g/mol. The van der Waals surface area contributed by atoms with Crippen LogP contribution in [0.3, 0.4) is 0 Å². The Bertz CT molecular complexity index is 697. The third-order valence-corrected chi connectivity index (χ3v) is 4.25. The third kappa shape index (κ3) is 4.77. The van der Waals surface area contributed by atoms with E-state index in [1.165, 1.54) is 11.1 Å². The van der Waals surface area contributed by atoms with Crippen molar-refractivity contribution in [1.82, 2.24) is 15.2 Å². The molecule has 1 aliphatic heterocycles. The van der Waals surface area contributed by atoms with Crippen molar-refractivity contribution in [2.24, 2.45) is 0 Å². The Morgan fingerprint density at radius 2 is 2.00 bits per heavy atom. The second-order valence-electron chi connectivity index (χ2n) is 6.03. The van der Waals surface area contributed by atoms with E-state index in [2.05, 4.69) is 39.5 Å². The van der Waals surface area contributed by atoms with Crippen molar-refractivity contribution in [1.29, 1.82) is 0 Å². The van der Waals surface area contributed by atoms with Crippen molar-refractivity contribution in [2.75, 3.05) is 19.6 Å². The highest BCUT2D eigenvalue weighted by Gasteiger charge is 2.14. The van der Waals surface area contributed by atoms with Gasteiger partial charge in [-0.05, 0) is 42.2 Å². The molecule has 0 aliphatic carbocycles. The predicted octanol–water partition coefficient (Wildman–Crippen LogP) is 2.66. The molecule has 24 heavy (non-hydrogen) atoms. The SMILES string of the molecule is O=C(/C=C/c1ccccn1)NCCCN1CCc2ccccc2C1. The molecule has 0 spiro atoms. The number of carbonyl (C=O) groups is 1. The van der Waals surface area contributed by atoms with Gasteiger partial charge >= 0.3 is 0 Å². The number of aromatic nitrogens is 1. The highest BCUT2D eigenvalue weighted by atomic mass is 16.1. The van der Waals surface area contributed by atoms with E-state index in [0.29, 0.717) is 6.54 Å². The Morgan fingerprint density at radius 3 is 2.83 bits per heavy atom. The van der Waals surface area contributed by atoms with Crippen molar-refractivity contribution in [3.63, 3.8) is 0 Å². The van der Waals surface area contributed by atoms with E-state index < -0.39 is 0 Å². The Kier molecular flexibility index (Phi) is 5.75. The maximum atomic E-state index is 11.8. The number of hydrogen-bond donors (Lipinski definition) is 1. The first kappa shape index (κ1) is 16.4. The van der Waals surface area contributed by atoms with E-state index >= 15 is 0 Å². The van der Waals surface area contributed by atoms with Crippen molar-refractivity contribution in [3.05, 3.63) is 71.6 Å². The molecule has 0 saturated carbocycles. The normalized spacial score (nSPS) is 14.5. The predicted molar refractivity (Wildman–Crippen MR) is 96.3 cm³/mol. The fraction of sp³-hybridized carbons (Fsp3) is 0.300. The average Bonchev–Trinajstić information content (AvgIpc) is 2.64. The van der Waals surface area contributed by atoms with Crippen molar-refractivity contribution >= 4 is 12.0 Å². The highest BCUT2D eigenvalue weighted by molar-refractivity contribution is 5.91. The molecule has 1 aromatic heterocycles. The summed E-state index contributed by atoms with van der Waals surface area (Å²) in [4.78, 5) is 18.4. The molecule has 1 aliphatic rings. The minimum absolute atomic E-state index is 0.0651. The van der Waals surface area contributed by atoms with Crippen LogP contribution in [0.15, 0.2) is 54.7 Å². The Morgan fingerprint density at radius 1 is 1.17 bits per heavy atom. The lowest BCUT2D eigenvalue weighted by Gasteiger charge is -2.28. The van der Waals surface area contributed by atoms with E-state index in [9.17, 15) is 4.79 Å². The van der Waals surface area contributed by atoms with Gasteiger partial charge in [0.1, 0.15) is 0 Å². The molecule has 1 amide bonds. The number of nitrogens with one attached hydrogen (secondary N) is 1. The number of fused-ring (bicyclic) bond motifs is 1. The van der Waals surface area contributed by atoms with Crippen molar-refractivity contribution < 1.29 is 4.79 Å². The number of pyridine rings is 1. The summed E-state index contributed by atoms with van der Waals surface area (Å²) in [7, 11) is 0. The fourth-order valence-electron chi connectivity index (χ4n) is 2.95. The lowest BCUT2D eigenvalue weighted by Crippen LogP contribution is -2.33. The quantitative estimate of drug-likeness (QED) is 0.657. The van der Waals surface area contributed by atoms with E-state index in [0.717, 1.165) is 38.2 Å². The molecular formula is C20H23N3O. The van der Waals surface area contributed by atoms with Crippen molar-refractivity contribution in [2.45, 2.75) is 19.4 Å². The van der Waals surface area contributed by atoms with Crippen LogP contribution in [0.1, 0.15) is 23.2 Å². The Hall–Kier alpha value is -2.46. The molecule has 0 atom stereocenters. The van der Waals surface area contributed by atoms with Gasteiger partial charge in [0.05, 0.1) is 5.69 Å². The second kappa shape index (κ2) is 8.41. The van der Waals surface area contributed by atoms with Gasteiger partial charge in [0.15, 0.2) is 0 Å². The van der Waals surface area contributed by atoms with Gasteiger partial charge in [-0.15, -0.1) is 0 Å². The summed E-state index contributed by atoms with van der Waals surface area (Å²) in [5, 5.41) is 2.93. The lowest BCUT2D eigenvalue weighted by atomic mass is 10.00. The van der Waals surface area contributed by atoms with E-state index in [1.54, 1.807) is 18.3 Å². The standard InChI is InChI=1S/C20H23N3O/c24-20(10-9-19-8-3-4-12-21-19)22-13-5-14-23-15-11-17-6-1-2-7-18(17)16-23/h1-4,6-10,12H,5,11,13-16H2,(H,22,24)/b10-9+. The van der Waals surface area contributed by atoms with Gasteiger partial charge in [-0.25, -0.2) is 0 Å². The summed E-state index contributed by atoms with van der Waals surface area (Å²) in [5.74, 6) is -0.0651. The van der Waals surface area contributed by atoms with Crippen molar-refractivity contribution in [3.8, 4) is 0 Å². The molecule has 0 bridgehead atoms. The van der Waals surface area contributed by atoms with E-state index in [-0.39, 0.29) is 5.91 Å². The van der Waals surface area contributed by atoms with Crippen LogP contribution >= 0.6 is 0 Å². The van der Waals surface area contributed by atoms with Gasteiger partial charge < -0.3 is 5.32 Å². The molecule has 4 heteroatoms. The zero-order valence-electron chi connectivity index (χ0n) is 13.8. The monoisotopic (exact) mass is 321 g/mol. The van der Waals surface area contributed by atoms with Crippen LogP contribution in [0.2, 0.25) is 0 Å². The van der Waals surface area contributed by atoms with Crippen LogP contribution in [0.25, 0.3) is 6.08 Å². The first-order chi connectivity index (χ1) is 11.8. The fourth-order valence-corrected chi connectivity index (χ4v) is 2.95. The zero-order chi connectivity index (χ0) is 16.6. The number of benzene rings is 1. The first-order valence-electron chi connectivity index (χ1n) is 8.47. The molecule has 0 unspecified atom stereocenters. The summed E-state index contributed by atoms with van der Waals surface area (Å²) in [5.41, 5.74) is 3.70. The molecule has 0 fully saturated rings. The van der Waals surface area contributed by atoms with Gasteiger partial charge in [-0.3, -0.25) is 14.7 Å². The second-order valence-corrected chi connectivity index (χ2v) is 6.03. The van der Waals surface area contributed by atoms with Crippen LogP contribution in [-0.4, -0.2) is 35.4 Å². The molecule has 3 rings (SSSR count). The molecule has 1 aromatic carbocycles. The van der Waals surface area contributed by atoms with Gasteiger partial charge in [0, 0.05) is 38.5 Å². The third-order valence-electron chi connectivity index (χ3n) is 4.25. The van der Waals surface area contributed by atoms with Crippen LogP contribution < -0.4 is 5.32 Å². The molecule has 0 radical (unpaired) electrons. The summed E-state index contributed by atoms with van der Waals surface area (Å²) in [6, 6.07) is 14.3. The molecule has 124 valence electrons. The van der Waals surface area contributed by atoms with Gasteiger partial charge in [-0.1, -0.05) is 30.3 Å². The number of nitrogens with zero attached hydrogens (tertiary/aromatic N) is 2. The lowest BCUT2D eigenvalue weighted by molar-refractivity contribution is -0.116. The van der Waals surface area contributed by atoms with Gasteiger partial charge in [0.25, 0.3) is 0 Å². The summed E-state index contributed by atoms with van der Waals surface area (Å²) < 4.78 is 0. The highest BCUT2D eigenvalue weighted by Crippen LogP contribution is 2.18. The van der Waals surface area contributed by atoms with Crippen LogP contribution in [0.5, 0.6) is 0 Å². The van der Waals surface area contributed by atoms with Gasteiger partial charge in [0.2, 0.25) is 5.91 Å². The summed E-state index contributed by atoms with van der Waals surface area (Å²) >= 11 is 0. The number of hydrogen-bond acceptors (Lipinski definition) is 3. The number of amides is 1. The smallest absolute Gasteiger partial charge is 0.244 e. The summed E-state index contributed by atoms with van der Waals surface area (Å²) in [6.07, 6.45) is 7.07. The molecule has 1 N–H and O–H groups in total. The number of carbonyl (C=O) groups excluding carboxylic acids is 1. The molecule has 2 aromatic rings. The minimum Gasteiger partial charge on any atom is -0.353 e. The Balaban J connectivity index is 1.35. The Labute approximate surface area is 143 Å². The maximum Gasteiger partial charge on any atom is 0.244 e. The zero-order valence-corrected chi connectivity index (χ0v) is 13.8. The largest absolute Gasteiger partial charge is 0.353 e. The van der Waals surface area contributed by atoms with Gasteiger partial charge in [-0.2, -0.15) is 0 Å². The van der Waals surface area contributed by atoms with Crippen LogP contribution in [-0.2, 0) is 17.8 Å². The topological polar surface area (TPSA) is 45.2 Å². The molecule has 2 heterocycles. The maximum absolute atomic E-state index is 11.8. The van der Waals surface area contributed by atoms with Crippen LogP contribution in [0, 0.1) is 0 Å². The number of rotatable bonds is 6. The molecule has 4 nitrogen and oxygen atoms in total. The first-order valence-corrected chi connectivity index (χ1v) is 8.47. The summed E-state index contributed by atoms with van der Waals surface area (Å²) in [6.45, 7) is 3.83. The van der Waals surface area contributed by atoms with Crippen LogP contribution in [0.4, 0.5) is 0 Å². The minimum atomic E-state index is -0.0651. The molecule has 0 saturated heterocycles. The van der Waals surface area contributed by atoms with E-state index in [1.807, 2.05) is 18.2 Å². The average molecular weight is 321 g/mol. The van der Waals surface area contributed by atoms with E-state index in [4.69, 9.17) is 0 Å².